The fourth-order valence-electron chi connectivity index (χ4n) is 4.93. The number of nitrogens with one attached hydrogen (secondary N) is 1. The number of hydrogen-bond acceptors (Lipinski definition) is 5. The van der Waals surface area contributed by atoms with Crippen LogP contribution in [0.25, 0.3) is 0 Å². The molecule has 0 aliphatic heterocycles. The minimum atomic E-state index is -4.05. The van der Waals surface area contributed by atoms with Crippen LogP contribution in [0.3, 0.4) is 0 Å². The molecule has 1 amide bonds. The first-order valence-corrected chi connectivity index (χ1v) is 12.3. The van der Waals surface area contributed by atoms with Gasteiger partial charge >= 0.3 is 0 Å². The predicted molar refractivity (Wildman–Crippen MR) is 114 cm³/mol. The second-order valence-electron chi connectivity index (χ2n) is 8.57. The summed E-state index contributed by atoms with van der Waals surface area (Å²) in [4.78, 5) is 12.3. The van der Waals surface area contributed by atoms with Gasteiger partial charge in [0.05, 0.1) is 27.4 Å². The molecule has 2 aromatic carbocycles. The molecule has 0 saturated heterocycles. The molecule has 2 aliphatic carbocycles. The van der Waals surface area contributed by atoms with Crippen molar-refractivity contribution >= 4 is 33.0 Å². The van der Waals surface area contributed by atoms with Crippen LogP contribution in [0.5, 0.6) is 0 Å². The van der Waals surface area contributed by atoms with Gasteiger partial charge in [0, 0.05) is 23.4 Å². The highest BCUT2D eigenvalue weighted by Crippen LogP contribution is 2.47. The maximum atomic E-state index is 13.6. The van der Waals surface area contributed by atoms with Crippen molar-refractivity contribution in [2.75, 3.05) is 5.32 Å². The molecule has 0 radical (unpaired) electrons. The minimum Gasteiger partial charge on any atom is -0.390 e. The van der Waals surface area contributed by atoms with Gasteiger partial charge in [-0.2, -0.15) is 0 Å². The van der Waals surface area contributed by atoms with E-state index in [1.165, 1.54) is 12.1 Å². The van der Waals surface area contributed by atoms with Crippen LogP contribution in [-0.2, 0) is 9.84 Å². The van der Waals surface area contributed by atoms with Crippen molar-refractivity contribution < 1.29 is 36.6 Å². The topological polar surface area (TPSA) is 104 Å². The van der Waals surface area contributed by atoms with E-state index in [1.54, 1.807) is 0 Å². The van der Waals surface area contributed by atoms with Crippen LogP contribution in [0.4, 0.5) is 18.9 Å². The van der Waals surface area contributed by atoms with E-state index in [1.807, 2.05) is 0 Å². The number of aliphatic hydroxyl groups is 2. The molecule has 2 saturated carbocycles. The van der Waals surface area contributed by atoms with E-state index in [-0.39, 0.29) is 45.8 Å². The highest BCUT2D eigenvalue weighted by Gasteiger charge is 2.49. The molecule has 178 valence electrons. The number of fused-ring (bicyclic) bond motifs is 2. The minimum absolute atomic E-state index is 0.102. The molecule has 6 nitrogen and oxygen atoms in total. The normalized spacial score (nSPS) is 27.3. The fourth-order valence-corrected chi connectivity index (χ4v) is 7.80. The number of sulfone groups is 1. The Kier molecular flexibility index (Phi) is 6.47. The van der Waals surface area contributed by atoms with Gasteiger partial charge in [-0.05, 0) is 55.7 Å². The van der Waals surface area contributed by atoms with Crippen LogP contribution in [0.1, 0.15) is 36.0 Å². The first-order valence-electron chi connectivity index (χ1n) is 10.3. The second kappa shape index (κ2) is 8.90. The zero-order valence-corrected chi connectivity index (χ0v) is 18.7. The van der Waals surface area contributed by atoms with Crippen molar-refractivity contribution in [3.05, 3.63) is 58.4 Å². The van der Waals surface area contributed by atoms with Crippen LogP contribution in [-0.4, -0.2) is 42.0 Å². The van der Waals surface area contributed by atoms with Crippen molar-refractivity contribution in [3.63, 3.8) is 0 Å². The molecular formula is C22H21ClF3NO5S. The van der Waals surface area contributed by atoms with Gasteiger partial charge in [-0.1, -0.05) is 11.6 Å². The number of anilines is 1. The summed E-state index contributed by atoms with van der Waals surface area (Å²) in [6.07, 6.45) is -0.582. The Morgan fingerprint density at radius 1 is 0.970 bits per heavy atom. The number of carbonyl (C=O) groups is 1. The first kappa shape index (κ1) is 24.0. The number of halogens is 4. The SMILES string of the molecule is O=C(Nc1cc(F)c(F)c(F)c1)c1ccc(Cl)c(S(=O)(=O)[C@H]2[C@H]3CC[C@H]2C[C@H](O)C(O)C3)c1. The Morgan fingerprint density at radius 2 is 1.52 bits per heavy atom. The van der Waals surface area contributed by atoms with E-state index in [0.717, 1.165) is 6.07 Å². The molecule has 1 unspecified atom stereocenters. The molecule has 33 heavy (non-hydrogen) atoms. The first-order chi connectivity index (χ1) is 15.5. The summed E-state index contributed by atoms with van der Waals surface area (Å²) in [5.41, 5.74) is -0.482. The number of aliphatic hydroxyl groups excluding tert-OH is 2. The van der Waals surface area contributed by atoms with Crippen molar-refractivity contribution in [1.82, 2.24) is 0 Å². The van der Waals surface area contributed by atoms with E-state index < -0.39 is 50.7 Å². The highest BCUT2D eigenvalue weighted by molar-refractivity contribution is 7.92. The standard InChI is InChI=1S/C22H21ClF3NO5S/c23-14-4-3-12(22(30)27-13-8-15(24)20(26)16(25)9-13)7-19(14)33(31,32)21-10-1-2-11(21)6-18(29)17(28)5-10/h3-4,7-11,17-18,21,28-29H,1-2,5-6H2,(H,27,30)/t10-,11-,17-,18?,21+/m0/s1. The third-order valence-electron chi connectivity index (χ3n) is 6.47. The largest absolute Gasteiger partial charge is 0.390 e. The van der Waals surface area contributed by atoms with Crippen LogP contribution < -0.4 is 5.32 Å². The van der Waals surface area contributed by atoms with E-state index in [2.05, 4.69) is 5.32 Å². The summed E-state index contributed by atoms with van der Waals surface area (Å²) < 4.78 is 67.2. The zero-order valence-electron chi connectivity index (χ0n) is 17.1. The fraction of sp³-hybridized carbons (Fsp3) is 0.409. The third kappa shape index (κ3) is 4.49. The van der Waals surface area contributed by atoms with Crippen LogP contribution in [0, 0.1) is 29.3 Å². The molecule has 0 spiro atoms. The summed E-state index contributed by atoms with van der Waals surface area (Å²) in [5, 5.41) is 21.4. The average molecular weight is 504 g/mol. The zero-order chi connectivity index (χ0) is 24.1. The molecule has 2 fully saturated rings. The van der Waals surface area contributed by atoms with Gasteiger partial charge in [0.15, 0.2) is 27.3 Å². The van der Waals surface area contributed by atoms with Gasteiger partial charge < -0.3 is 15.5 Å². The Hall–Kier alpha value is -2.14. The van der Waals surface area contributed by atoms with Gasteiger partial charge in [0.25, 0.3) is 5.91 Å². The van der Waals surface area contributed by atoms with Crippen LogP contribution in [0.2, 0.25) is 5.02 Å². The lowest BCUT2D eigenvalue weighted by Crippen LogP contribution is -2.31. The molecule has 2 bridgehead atoms. The van der Waals surface area contributed by atoms with Gasteiger partial charge in [-0.3, -0.25) is 4.79 Å². The maximum Gasteiger partial charge on any atom is 0.255 e. The van der Waals surface area contributed by atoms with Gasteiger partial charge in [0.2, 0.25) is 0 Å². The number of amides is 1. The summed E-state index contributed by atoms with van der Waals surface area (Å²) in [6.45, 7) is 0. The summed E-state index contributed by atoms with van der Waals surface area (Å²) >= 11 is 6.19. The Balaban J connectivity index is 1.65. The lowest BCUT2D eigenvalue weighted by Gasteiger charge is -2.23. The number of rotatable bonds is 4. The molecule has 3 N–H and O–H groups in total. The molecule has 11 heteroatoms. The van der Waals surface area contributed by atoms with Crippen molar-refractivity contribution in [2.45, 2.75) is 48.0 Å². The van der Waals surface area contributed by atoms with Crippen molar-refractivity contribution in [2.24, 2.45) is 11.8 Å². The smallest absolute Gasteiger partial charge is 0.255 e. The average Bonchev–Trinajstić information content (AvgIpc) is 3.08. The van der Waals surface area contributed by atoms with Gasteiger partial charge in [-0.25, -0.2) is 21.6 Å². The van der Waals surface area contributed by atoms with E-state index in [9.17, 15) is 36.6 Å². The quantitative estimate of drug-likeness (QED) is 0.552. The Labute approximate surface area is 193 Å². The van der Waals surface area contributed by atoms with Crippen LogP contribution in [0.15, 0.2) is 35.2 Å². The number of hydrogen-bond donors (Lipinski definition) is 3. The summed E-state index contributed by atoms with van der Waals surface area (Å²) in [6, 6.07) is 4.77. The molecule has 2 aromatic rings. The number of carbonyl (C=O) groups excluding carboxylic acids is 1. The van der Waals surface area contributed by atoms with Crippen LogP contribution >= 0.6 is 11.6 Å². The van der Waals surface area contributed by atoms with Crippen molar-refractivity contribution in [3.8, 4) is 0 Å². The molecule has 4 rings (SSSR count). The lowest BCUT2D eigenvalue weighted by atomic mass is 9.96. The second-order valence-corrected chi connectivity index (χ2v) is 11.0. The molecule has 2 aliphatic rings. The number of benzene rings is 2. The van der Waals surface area contributed by atoms with E-state index in [4.69, 9.17) is 11.6 Å². The highest BCUT2D eigenvalue weighted by atomic mass is 35.5. The molecular weight excluding hydrogens is 483 g/mol. The molecule has 5 atom stereocenters. The molecule has 0 aromatic heterocycles. The lowest BCUT2D eigenvalue weighted by molar-refractivity contribution is 0.00104. The summed E-state index contributed by atoms with van der Waals surface area (Å²) in [5.74, 6) is -6.27. The van der Waals surface area contributed by atoms with E-state index >= 15 is 0 Å². The van der Waals surface area contributed by atoms with Gasteiger partial charge in [0.1, 0.15) is 0 Å². The Morgan fingerprint density at radius 3 is 2.06 bits per heavy atom. The van der Waals surface area contributed by atoms with Gasteiger partial charge in [-0.15, -0.1) is 0 Å². The monoisotopic (exact) mass is 503 g/mol. The Bertz CT molecular complexity index is 1170. The summed E-state index contributed by atoms with van der Waals surface area (Å²) in [7, 11) is -4.05. The predicted octanol–water partition coefficient (Wildman–Crippen LogP) is 3.69. The third-order valence-corrected chi connectivity index (χ3v) is 9.35. The molecule has 0 heterocycles. The maximum absolute atomic E-state index is 13.6. The van der Waals surface area contributed by atoms with Crippen molar-refractivity contribution in [1.29, 1.82) is 0 Å². The van der Waals surface area contributed by atoms with E-state index in [0.29, 0.717) is 25.0 Å².